The molecule has 0 amide bonds. The average Bonchev–Trinajstić information content (AvgIpc) is 2.87. The van der Waals surface area contributed by atoms with Crippen LogP contribution >= 0.6 is 22.7 Å². The number of nitrogens with zero attached hydrogens (tertiary/aromatic N) is 1. The van der Waals surface area contributed by atoms with Crippen LogP contribution in [-0.4, -0.2) is 10.1 Å². The number of rotatable bonds is 3. The zero-order chi connectivity index (χ0) is 14.1. The van der Waals surface area contributed by atoms with Gasteiger partial charge in [-0.3, -0.25) is 0 Å². The highest BCUT2D eigenvalue weighted by Crippen LogP contribution is 2.34. The largest absolute Gasteiger partial charge is 0.387 e. The number of aliphatic hydroxyl groups excluding tert-OH is 1. The lowest BCUT2D eigenvalue weighted by molar-refractivity contribution is 0.182. The molecule has 1 N–H and O–H groups in total. The van der Waals surface area contributed by atoms with Crippen molar-refractivity contribution in [3.05, 3.63) is 37.0 Å². The third-order valence-corrected chi connectivity index (χ3v) is 6.47. The number of aryl methyl sites for hydroxylation is 4. The Balaban J connectivity index is 1.75. The van der Waals surface area contributed by atoms with E-state index in [9.17, 15) is 5.11 Å². The van der Waals surface area contributed by atoms with Gasteiger partial charge in [0.25, 0.3) is 0 Å². The van der Waals surface area contributed by atoms with Gasteiger partial charge in [0.2, 0.25) is 0 Å². The number of fused-ring (bicyclic) bond motifs is 1. The van der Waals surface area contributed by atoms with Gasteiger partial charge in [-0.1, -0.05) is 6.42 Å². The first-order valence-electron chi connectivity index (χ1n) is 7.36. The Morgan fingerprint density at radius 2 is 2.00 bits per heavy atom. The van der Waals surface area contributed by atoms with Crippen molar-refractivity contribution in [2.75, 3.05) is 0 Å². The van der Waals surface area contributed by atoms with Gasteiger partial charge in [-0.15, -0.1) is 22.7 Å². The fourth-order valence-electron chi connectivity index (χ4n) is 2.75. The van der Waals surface area contributed by atoms with Crippen LogP contribution in [-0.2, 0) is 19.3 Å². The molecule has 1 aliphatic carbocycles. The van der Waals surface area contributed by atoms with Gasteiger partial charge < -0.3 is 5.11 Å². The molecule has 0 spiro atoms. The lowest BCUT2D eigenvalue weighted by Gasteiger charge is -2.05. The van der Waals surface area contributed by atoms with Crippen LogP contribution in [0.2, 0.25) is 0 Å². The second kappa shape index (κ2) is 5.96. The third kappa shape index (κ3) is 2.97. The predicted molar refractivity (Wildman–Crippen MR) is 85.8 cm³/mol. The third-order valence-electron chi connectivity index (χ3n) is 4.03. The number of thiazole rings is 1. The zero-order valence-electron chi connectivity index (χ0n) is 12.1. The number of aromatic nitrogens is 1. The van der Waals surface area contributed by atoms with E-state index in [-0.39, 0.29) is 0 Å². The molecule has 108 valence electrons. The van der Waals surface area contributed by atoms with E-state index in [0.29, 0.717) is 6.42 Å². The molecule has 4 heteroatoms. The summed E-state index contributed by atoms with van der Waals surface area (Å²) in [5.74, 6) is 0. The molecule has 2 nitrogen and oxygen atoms in total. The fourth-order valence-corrected chi connectivity index (χ4v) is 4.96. The Hall–Kier alpha value is -0.710. The zero-order valence-corrected chi connectivity index (χ0v) is 13.7. The first-order valence-corrected chi connectivity index (χ1v) is 8.99. The van der Waals surface area contributed by atoms with Crippen molar-refractivity contribution in [3.8, 4) is 0 Å². The number of hydrogen-bond donors (Lipinski definition) is 1. The molecule has 0 saturated heterocycles. The standard InChI is InChI=1S/C16H21NOS2/c1-10-11(2)19-16(17-10)9-13(18)15-8-12-6-4-3-5-7-14(12)20-15/h8,13,18H,3-7,9H2,1-2H3. The number of thiophene rings is 1. The van der Waals surface area contributed by atoms with E-state index < -0.39 is 6.10 Å². The molecule has 0 fully saturated rings. The van der Waals surface area contributed by atoms with Crippen LogP contribution in [0.4, 0.5) is 0 Å². The summed E-state index contributed by atoms with van der Waals surface area (Å²) in [5.41, 5.74) is 2.58. The average molecular weight is 307 g/mol. The molecule has 0 radical (unpaired) electrons. The Morgan fingerprint density at radius 3 is 2.75 bits per heavy atom. The summed E-state index contributed by atoms with van der Waals surface area (Å²) in [5, 5.41) is 11.5. The lowest BCUT2D eigenvalue weighted by Crippen LogP contribution is -1.99. The summed E-state index contributed by atoms with van der Waals surface area (Å²) in [4.78, 5) is 8.42. The summed E-state index contributed by atoms with van der Waals surface area (Å²) in [6.07, 6.45) is 6.58. The smallest absolute Gasteiger partial charge is 0.0960 e. The number of aliphatic hydroxyl groups is 1. The van der Waals surface area contributed by atoms with Crippen LogP contribution in [0.1, 0.15) is 56.3 Å². The molecule has 2 aromatic rings. The van der Waals surface area contributed by atoms with Crippen LogP contribution in [0.3, 0.4) is 0 Å². The Kier molecular flexibility index (Phi) is 4.24. The monoisotopic (exact) mass is 307 g/mol. The van der Waals surface area contributed by atoms with Gasteiger partial charge in [0, 0.05) is 21.1 Å². The maximum Gasteiger partial charge on any atom is 0.0960 e. The summed E-state index contributed by atoms with van der Waals surface area (Å²) in [6.45, 7) is 4.13. The second-order valence-electron chi connectivity index (χ2n) is 5.63. The molecular weight excluding hydrogens is 286 g/mol. The second-order valence-corrected chi connectivity index (χ2v) is 8.08. The summed E-state index contributed by atoms with van der Waals surface area (Å²) in [7, 11) is 0. The van der Waals surface area contributed by atoms with Crippen molar-refractivity contribution in [1.82, 2.24) is 4.98 Å². The van der Waals surface area contributed by atoms with Gasteiger partial charge in [-0.05, 0) is 51.2 Å². The predicted octanol–water partition coefficient (Wildman–Crippen LogP) is 4.37. The minimum absolute atomic E-state index is 0.392. The van der Waals surface area contributed by atoms with Crippen molar-refractivity contribution in [3.63, 3.8) is 0 Å². The van der Waals surface area contributed by atoms with E-state index in [2.05, 4.69) is 18.0 Å². The quantitative estimate of drug-likeness (QED) is 0.854. The molecule has 0 saturated carbocycles. The minimum atomic E-state index is -0.392. The van der Waals surface area contributed by atoms with Gasteiger partial charge in [-0.2, -0.15) is 0 Å². The molecule has 2 aromatic heterocycles. The summed E-state index contributed by atoms with van der Waals surface area (Å²) < 4.78 is 0. The molecule has 0 aliphatic heterocycles. The number of hydrogen-bond acceptors (Lipinski definition) is 4. The van der Waals surface area contributed by atoms with Crippen LogP contribution < -0.4 is 0 Å². The van der Waals surface area contributed by atoms with E-state index in [1.54, 1.807) is 11.3 Å². The molecule has 1 unspecified atom stereocenters. The van der Waals surface area contributed by atoms with E-state index in [1.807, 2.05) is 18.3 Å². The van der Waals surface area contributed by atoms with Crippen LogP contribution in [0, 0.1) is 13.8 Å². The van der Waals surface area contributed by atoms with Crippen molar-refractivity contribution < 1.29 is 5.11 Å². The van der Waals surface area contributed by atoms with Gasteiger partial charge in [-0.25, -0.2) is 4.98 Å². The lowest BCUT2D eigenvalue weighted by atomic mass is 10.1. The normalized spacial score (nSPS) is 16.8. The van der Waals surface area contributed by atoms with Crippen molar-refractivity contribution >= 4 is 22.7 Å². The molecule has 1 aliphatic rings. The molecule has 0 bridgehead atoms. The molecular formula is C16H21NOS2. The first-order chi connectivity index (χ1) is 9.63. The maximum absolute atomic E-state index is 10.5. The van der Waals surface area contributed by atoms with Crippen LogP contribution in [0.25, 0.3) is 0 Å². The molecule has 0 aromatic carbocycles. The van der Waals surface area contributed by atoms with Crippen LogP contribution in [0.5, 0.6) is 0 Å². The van der Waals surface area contributed by atoms with Gasteiger partial charge >= 0.3 is 0 Å². The van der Waals surface area contributed by atoms with Gasteiger partial charge in [0.1, 0.15) is 0 Å². The van der Waals surface area contributed by atoms with Crippen molar-refractivity contribution in [2.24, 2.45) is 0 Å². The van der Waals surface area contributed by atoms with E-state index >= 15 is 0 Å². The highest BCUT2D eigenvalue weighted by molar-refractivity contribution is 7.12. The molecule has 2 heterocycles. The first kappa shape index (κ1) is 14.2. The summed E-state index contributed by atoms with van der Waals surface area (Å²) >= 11 is 3.52. The highest BCUT2D eigenvalue weighted by Gasteiger charge is 2.18. The topological polar surface area (TPSA) is 33.1 Å². The molecule has 1 atom stereocenters. The van der Waals surface area contributed by atoms with Crippen molar-refractivity contribution in [1.29, 1.82) is 0 Å². The van der Waals surface area contributed by atoms with Gasteiger partial charge in [0.15, 0.2) is 0 Å². The Bertz CT molecular complexity index is 557. The van der Waals surface area contributed by atoms with Crippen LogP contribution in [0.15, 0.2) is 6.07 Å². The van der Waals surface area contributed by atoms with Crippen molar-refractivity contribution in [2.45, 2.75) is 58.5 Å². The van der Waals surface area contributed by atoms with E-state index in [1.165, 1.54) is 47.4 Å². The fraction of sp³-hybridized carbons (Fsp3) is 0.562. The Morgan fingerprint density at radius 1 is 1.20 bits per heavy atom. The summed E-state index contributed by atoms with van der Waals surface area (Å²) in [6, 6.07) is 2.24. The van der Waals surface area contributed by atoms with E-state index in [0.717, 1.165) is 15.6 Å². The van der Waals surface area contributed by atoms with Gasteiger partial charge in [0.05, 0.1) is 16.8 Å². The molecule has 3 rings (SSSR count). The Labute approximate surface area is 128 Å². The maximum atomic E-state index is 10.5. The minimum Gasteiger partial charge on any atom is -0.387 e. The SMILES string of the molecule is Cc1nc(CC(O)c2cc3c(s2)CCCCC3)sc1C. The van der Waals surface area contributed by atoms with E-state index in [4.69, 9.17) is 0 Å². The highest BCUT2D eigenvalue weighted by atomic mass is 32.1. The molecule has 20 heavy (non-hydrogen) atoms.